The fourth-order valence-corrected chi connectivity index (χ4v) is 6.53. The average Bonchev–Trinajstić information content (AvgIpc) is 2.78. The first kappa shape index (κ1) is 20.9. The van der Waals surface area contributed by atoms with E-state index >= 15 is 0 Å². The van der Waals surface area contributed by atoms with Crippen LogP contribution in [0.1, 0.15) is 13.8 Å². The first-order valence-electron chi connectivity index (χ1n) is 10.6. The minimum atomic E-state index is -3.57. The summed E-state index contributed by atoms with van der Waals surface area (Å²) >= 11 is 0. The first-order chi connectivity index (χ1) is 14.5. The van der Waals surface area contributed by atoms with Gasteiger partial charge in [0.05, 0.1) is 22.9 Å². The van der Waals surface area contributed by atoms with Crippen LogP contribution in [0.3, 0.4) is 0 Å². The molecular formula is C24H30N2O3S. The summed E-state index contributed by atoms with van der Waals surface area (Å²) in [5.41, 5.74) is 0.869. The van der Waals surface area contributed by atoms with E-state index in [0.717, 1.165) is 54.9 Å². The van der Waals surface area contributed by atoms with Gasteiger partial charge in [-0.2, -0.15) is 0 Å². The molecule has 0 bridgehead atoms. The molecular weight excluding hydrogens is 396 g/mol. The Morgan fingerprint density at radius 2 is 1.70 bits per heavy atom. The van der Waals surface area contributed by atoms with E-state index in [9.17, 15) is 8.42 Å². The van der Waals surface area contributed by atoms with Crippen LogP contribution in [0.5, 0.6) is 5.75 Å². The lowest BCUT2D eigenvalue weighted by molar-refractivity contribution is 0.270. The molecule has 1 saturated heterocycles. The second-order valence-electron chi connectivity index (χ2n) is 8.03. The Morgan fingerprint density at radius 3 is 2.33 bits per heavy atom. The lowest BCUT2D eigenvalue weighted by Gasteiger charge is -2.36. The molecule has 1 heterocycles. The van der Waals surface area contributed by atoms with E-state index < -0.39 is 15.1 Å². The van der Waals surface area contributed by atoms with Gasteiger partial charge in [-0.05, 0) is 18.5 Å². The van der Waals surface area contributed by atoms with Crippen molar-refractivity contribution in [2.24, 2.45) is 5.92 Å². The number of nitrogens with zero attached hydrogens (tertiary/aromatic N) is 2. The molecule has 160 valence electrons. The molecule has 2 unspecified atom stereocenters. The number of hydrogen-bond donors (Lipinski definition) is 0. The zero-order valence-corrected chi connectivity index (χ0v) is 18.7. The van der Waals surface area contributed by atoms with E-state index in [1.807, 2.05) is 55.5 Å². The van der Waals surface area contributed by atoms with Crippen LogP contribution in [0.25, 0.3) is 10.8 Å². The van der Waals surface area contributed by atoms with Gasteiger partial charge in [0.1, 0.15) is 5.75 Å². The van der Waals surface area contributed by atoms with Crippen LogP contribution in [0.4, 0.5) is 5.69 Å². The predicted molar refractivity (Wildman–Crippen MR) is 123 cm³/mol. The molecule has 0 radical (unpaired) electrons. The normalized spacial score (nSPS) is 22.6. The van der Waals surface area contributed by atoms with Crippen LogP contribution in [0, 0.1) is 5.92 Å². The summed E-state index contributed by atoms with van der Waals surface area (Å²) in [6, 6.07) is 9.51. The topological polar surface area (TPSA) is 49.9 Å². The van der Waals surface area contributed by atoms with Crippen molar-refractivity contribution in [2.75, 3.05) is 44.7 Å². The van der Waals surface area contributed by atoms with Crippen molar-refractivity contribution < 1.29 is 13.2 Å². The van der Waals surface area contributed by atoms with Crippen LogP contribution in [-0.4, -0.2) is 58.4 Å². The molecule has 1 aliphatic heterocycles. The quantitative estimate of drug-likeness (QED) is 0.726. The third-order valence-corrected chi connectivity index (χ3v) is 8.57. The Balaban J connectivity index is 1.88. The molecule has 0 spiro atoms. The first-order valence-corrected chi connectivity index (χ1v) is 12.2. The molecule has 2 aromatic rings. The highest BCUT2D eigenvalue weighted by molar-refractivity contribution is 7.92. The van der Waals surface area contributed by atoms with Crippen molar-refractivity contribution in [2.45, 2.75) is 24.0 Å². The molecule has 2 aromatic carbocycles. The molecule has 5 nitrogen and oxygen atoms in total. The number of rotatable bonds is 5. The van der Waals surface area contributed by atoms with Gasteiger partial charge in [0.15, 0.2) is 9.84 Å². The molecule has 6 heteroatoms. The summed E-state index contributed by atoms with van der Waals surface area (Å²) in [5.74, 6) is 0.680. The number of ether oxygens (including phenoxy) is 1. The Bertz CT molecular complexity index is 1080. The van der Waals surface area contributed by atoms with E-state index in [4.69, 9.17) is 4.74 Å². The van der Waals surface area contributed by atoms with Gasteiger partial charge >= 0.3 is 0 Å². The van der Waals surface area contributed by atoms with Crippen LogP contribution < -0.4 is 9.64 Å². The van der Waals surface area contributed by atoms with E-state index in [0.29, 0.717) is 4.90 Å². The number of likely N-dealkylation sites (N-methyl/N-ethyl adjacent to an activating group) is 1. The lowest BCUT2D eigenvalue weighted by atomic mass is 10.0. The fraction of sp³-hybridized carbons (Fsp3) is 0.417. The average molecular weight is 427 g/mol. The van der Waals surface area contributed by atoms with Gasteiger partial charge in [0, 0.05) is 37.0 Å². The number of benzene rings is 2. The van der Waals surface area contributed by atoms with Crippen molar-refractivity contribution >= 4 is 26.3 Å². The van der Waals surface area contributed by atoms with Crippen LogP contribution in [0.2, 0.25) is 0 Å². The minimum Gasteiger partial charge on any atom is -0.494 e. The summed E-state index contributed by atoms with van der Waals surface area (Å²) in [6.07, 6.45) is 7.51. The number of fused-ring (bicyclic) bond motifs is 1. The molecule has 1 aliphatic carbocycles. The molecule has 2 aliphatic rings. The van der Waals surface area contributed by atoms with Crippen LogP contribution >= 0.6 is 0 Å². The van der Waals surface area contributed by atoms with Crippen molar-refractivity contribution in [3.63, 3.8) is 0 Å². The number of anilines is 1. The highest BCUT2D eigenvalue weighted by Crippen LogP contribution is 2.42. The molecule has 4 rings (SSSR count). The van der Waals surface area contributed by atoms with Crippen LogP contribution in [0.15, 0.2) is 59.5 Å². The minimum absolute atomic E-state index is 0.0718. The number of methoxy groups -OCH3 is 1. The molecule has 0 aromatic heterocycles. The zero-order chi connectivity index (χ0) is 21.3. The monoisotopic (exact) mass is 426 g/mol. The van der Waals surface area contributed by atoms with Gasteiger partial charge in [-0.1, -0.05) is 62.4 Å². The van der Waals surface area contributed by atoms with Crippen LogP contribution in [-0.2, 0) is 9.84 Å². The number of sulfone groups is 1. The highest BCUT2D eigenvalue weighted by atomic mass is 32.2. The largest absolute Gasteiger partial charge is 0.494 e. The summed E-state index contributed by atoms with van der Waals surface area (Å²) in [5, 5.41) is 1.00. The van der Waals surface area contributed by atoms with E-state index in [2.05, 4.69) is 16.7 Å². The Labute approximate surface area is 179 Å². The predicted octanol–water partition coefficient (Wildman–Crippen LogP) is 3.89. The number of allylic oxidation sites excluding steroid dienone is 3. The summed E-state index contributed by atoms with van der Waals surface area (Å²) in [7, 11) is -1.90. The third-order valence-electron chi connectivity index (χ3n) is 6.31. The van der Waals surface area contributed by atoms with Crippen molar-refractivity contribution in [1.82, 2.24) is 4.90 Å². The highest BCUT2D eigenvalue weighted by Gasteiger charge is 2.33. The van der Waals surface area contributed by atoms with Crippen molar-refractivity contribution in [3.8, 4) is 5.75 Å². The molecule has 2 atom stereocenters. The summed E-state index contributed by atoms with van der Waals surface area (Å²) < 4.78 is 33.4. The smallest absolute Gasteiger partial charge is 0.186 e. The van der Waals surface area contributed by atoms with Crippen molar-refractivity contribution in [3.05, 3.63) is 54.6 Å². The van der Waals surface area contributed by atoms with Gasteiger partial charge in [-0.15, -0.1) is 0 Å². The lowest BCUT2D eigenvalue weighted by Crippen LogP contribution is -2.46. The second kappa shape index (κ2) is 8.44. The van der Waals surface area contributed by atoms with Gasteiger partial charge in [0.2, 0.25) is 0 Å². The van der Waals surface area contributed by atoms with E-state index in [1.165, 1.54) is 0 Å². The van der Waals surface area contributed by atoms with Gasteiger partial charge in [-0.25, -0.2) is 8.42 Å². The molecule has 0 saturated carbocycles. The summed E-state index contributed by atoms with van der Waals surface area (Å²) in [4.78, 5) is 5.06. The van der Waals surface area contributed by atoms with Gasteiger partial charge in [0.25, 0.3) is 0 Å². The Hall–Kier alpha value is -2.31. The Morgan fingerprint density at radius 1 is 1.03 bits per heavy atom. The standard InChI is InChI=1S/C24H30N2O3S/c1-4-25-13-15-26(16-14-25)21-17-23(19-10-6-7-11-20(19)24(21)29-3)30(27,28)22-12-8-5-9-18(22)2/h5-12,17-18,22H,4,13-16H2,1-3H3. The molecule has 1 fully saturated rings. The molecule has 30 heavy (non-hydrogen) atoms. The molecule has 0 amide bonds. The SMILES string of the molecule is CCN1CCN(c2cc(S(=O)(=O)C3C=CC=CC3C)c3ccccc3c2OC)CC1. The Kier molecular flexibility index (Phi) is 5.89. The van der Waals surface area contributed by atoms with Gasteiger partial charge < -0.3 is 14.5 Å². The third kappa shape index (κ3) is 3.63. The summed E-state index contributed by atoms with van der Waals surface area (Å²) in [6.45, 7) is 8.78. The fourth-order valence-electron chi connectivity index (χ4n) is 4.52. The van der Waals surface area contributed by atoms with Crippen molar-refractivity contribution in [1.29, 1.82) is 0 Å². The maximum Gasteiger partial charge on any atom is 0.186 e. The second-order valence-corrected chi connectivity index (χ2v) is 10.1. The maximum absolute atomic E-state index is 13.8. The maximum atomic E-state index is 13.8. The number of piperazine rings is 1. The van der Waals surface area contributed by atoms with E-state index in [1.54, 1.807) is 13.2 Å². The number of hydrogen-bond acceptors (Lipinski definition) is 5. The molecule has 0 N–H and O–H groups in total. The van der Waals surface area contributed by atoms with Gasteiger partial charge in [-0.3, -0.25) is 0 Å². The zero-order valence-electron chi connectivity index (χ0n) is 17.9. The van der Waals surface area contributed by atoms with E-state index in [-0.39, 0.29) is 5.92 Å².